The number of rotatable bonds is 8. The van der Waals surface area contributed by atoms with Gasteiger partial charge in [-0.15, -0.1) is 0 Å². The molecule has 0 aliphatic heterocycles. The van der Waals surface area contributed by atoms with Crippen LogP contribution in [-0.4, -0.2) is 32.9 Å². The molecule has 0 aromatic heterocycles. The average Bonchev–Trinajstić information content (AvgIpc) is 3.46. The van der Waals surface area contributed by atoms with E-state index in [1.165, 1.54) is 0 Å². The number of hydrogen-bond acceptors (Lipinski definition) is 0. The molecule has 17 aliphatic carbocycles. The highest BCUT2D eigenvalue weighted by atomic mass is 31.1. The van der Waals surface area contributed by atoms with Crippen LogP contribution in [0.5, 0.6) is 0 Å². The summed E-state index contributed by atoms with van der Waals surface area (Å²) in [4.78, 5) is 0. The van der Waals surface area contributed by atoms with Gasteiger partial charge >= 0.3 is 0 Å². The Bertz CT molecular complexity index is 1010. The number of hydrogen-bond donors (Lipinski definition) is 0. The molecule has 0 nitrogen and oxygen atoms in total. The van der Waals surface area contributed by atoms with Crippen LogP contribution < -0.4 is 0 Å². The van der Waals surface area contributed by atoms with Crippen molar-refractivity contribution in [2.75, 3.05) is 12.3 Å². The lowest BCUT2D eigenvalue weighted by Crippen LogP contribution is -2.57. The summed E-state index contributed by atoms with van der Waals surface area (Å²) in [5.41, 5.74) is 0. The minimum Gasteiger partial charge on any atom is -0.0936 e. The molecule has 0 spiro atoms. The third-order valence-electron chi connectivity index (χ3n) is 21.0. The van der Waals surface area contributed by atoms with Gasteiger partial charge in [-0.25, -0.2) is 0 Å². The molecule has 17 rings (SSSR count). The van der Waals surface area contributed by atoms with Crippen molar-refractivity contribution in [1.82, 2.24) is 0 Å². The molecule has 2 atom stereocenters. The standard InChI is InChI=1S/C47H72P2/c1-2-42(28-48(44-16-30-4-31(17-44)6-32(5-30)18-44)45-19-33-7-34(20-45)9-35(8-33)21-45)43(3-1)29-49(46-22-36-10-37(23-46)12-38(11-36)24-46)47-25-39-13-40(26-47)15-41(14-39)27-47/h30-43H,1-29H2. The first-order valence-corrected chi connectivity index (χ1v) is 26.5. The van der Waals surface area contributed by atoms with E-state index in [9.17, 15) is 0 Å². The quantitative estimate of drug-likeness (QED) is 0.221. The Balaban J connectivity index is 0.859. The Morgan fingerprint density at radius 2 is 0.469 bits per heavy atom. The predicted molar refractivity (Wildman–Crippen MR) is 208 cm³/mol. The van der Waals surface area contributed by atoms with Gasteiger partial charge in [0.05, 0.1) is 0 Å². The predicted octanol–water partition coefficient (Wildman–Crippen LogP) is 13.2. The van der Waals surface area contributed by atoms with E-state index in [4.69, 9.17) is 0 Å². The fourth-order valence-electron chi connectivity index (χ4n) is 21.4. The molecule has 16 bridgehead atoms. The van der Waals surface area contributed by atoms with Gasteiger partial charge in [-0.2, -0.15) is 0 Å². The van der Waals surface area contributed by atoms with Crippen LogP contribution in [0.25, 0.3) is 0 Å². The Hall–Kier alpha value is 0.860. The first-order valence-electron chi connectivity index (χ1n) is 23.4. The van der Waals surface area contributed by atoms with Crippen molar-refractivity contribution in [3.8, 4) is 0 Å². The highest BCUT2D eigenvalue weighted by Gasteiger charge is 2.65. The zero-order valence-corrected chi connectivity index (χ0v) is 33.3. The zero-order chi connectivity index (χ0) is 31.7. The maximum atomic E-state index is 1.81. The summed E-state index contributed by atoms with van der Waals surface area (Å²) in [6.07, 6.45) is 49.3. The Labute approximate surface area is 303 Å². The van der Waals surface area contributed by atoms with Crippen molar-refractivity contribution < 1.29 is 0 Å². The van der Waals surface area contributed by atoms with Gasteiger partial charge in [0.2, 0.25) is 0 Å². The molecular formula is C47H72P2. The summed E-state index contributed by atoms with van der Waals surface area (Å²) in [7, 11) is 0.363. The second-order valence-electron chi connectivity index (χ2n) is 24.2. The van der Waals surface area contributed by atoms with Gasteiger partial charge in [0.1, 0.15) is 0 Å². The first kappa shape index (κ1) is 31.1. The molecule has 0 aromatic rings. The second kappa shape index (κ2) is 10.8. The van der Waals surface area contributed by atoms with Crippen LogP contribution in [0.4, 0.5) is 0 Å². The molecule has 2 unspecified atom stereocenters. The Kier molecular flexibility index (Phi) is 6.85. The van der Waals surface area contributed by atoms with Crippen LogP contribution in [-0.2, 0) is 0 Å². The maximum absolute atomic E-state index is 1.81. The Morgan fingerprint density at radius 3 is 0.653 bits per heavy atom. The zero-order valence-electron chi connectivity index (χ0n) is 31.5. The smallest absolute Gasteiger partial charge is 0.00814 e. The van der Waals surface area contributed by atoms with Gasteiger partial charge in [0.25, 0.3) is 0 Å². The van der Waals surface area contributed by atoms with E-state index < -0.39 is 0 Å². The fourth-order valence-corrected chi connectivity index (χ4v) is 32.6. The SMILES string of the molecule is C1CC(CP(C23CC4CC(CC(C4)C2)C3)C23CC4CC(CC(C4)C2)C3)C(CP(C23CC4CC(CC(C4)C2)C3)C23CC4CC(CC(C4)C2)C3)C1. The van der Waals surface area contributed by atoms with E-state index in [0.717, 1.165) is 103 Å². The molecule has 0 aromatic carbocycles. The van der Waals surface area contributed by atoms with Gasteiger partial charge in [0.15, 0.2) is 0 Å². The van der Waals surface area contributed by atoms with Gasteiger partial charge in [-0.3, -0.25) is 0 Å². The largest absolute Gasteiger partial charge is 0.0936 e. The van der Waals surface area contributed by atoms with E-state index in [2.05, 4.69) is 0 Å². The van der Waals surface area contributed by atoms with E-state index in [1.807, 2.05) is 12.3 Å². The van der Waals surface area contributed by atoms with Gasteiger partial charge < -0.3 is 0 Å². The summed E-state index contributed by atoms with van der Waals surface area (Å²) < 4.78 is 0. The van der Waals surface area contributed by atoms with Crippen molar-refractivity contribution in [3.05, 3.63) is 0 Å². The van der Waals surface area contributed by atoms with Crippen LogP contribution in [0, 0.1) is 82.9 Å². The van der Waals surface area contributed by atoms with E-state index in [-0.39, 0.29) is 15.8 Å². The lowest BCUT2D eigenvalue weighted by atomic mass is 9.55. The van der Waals surface area contributed by atoms with Crippen molar-refractivity contribution in [1.29, 1.82) is 0 Å². The molecule has 49 heavy (non-hydrogen) atoms. The molecule has 0 amide bonds. The average molecular weight is 699 g/mol. The molecule has 17 fully saturated rings. The van der Waals surface area contributed by atoms with Crippen molar-refractivity contribution in [2.24, 2.45) is 82.9 Å². The normalized spacial score (nSPS) is 62.4. The fraction of sp³-hybridized carbons (Fsp3) is 1.00. The minimum absolute atomic E-state index is 0.182. The van der Waals surface area contributed by atoms with Crippen LogP contribution in [0.1, 0.15) is 173 Å². The van der Waals surface area contributed by atoms with E-state index in [1.54, 1.807) is 173 Å². The first-order chi connectivity index (χ1) is 23.9. The van der Waals surface area contributed by atoms with Crippen LogP contribution in [0.2, 0.25) is 0 Å². The third kappa shape index (κ3) is 4.71. The highest BCUT2D eigenvalue weighted by Crippen LogP contribution is 2.82. The molecule has 0 saturated heterocycles. The van der Waals surface area contributed by atoms with Crippen LogP contribution >= 0.6 is 15.8 Å². The highest BCUT2D eigenvalue weighted by molar-refractivity contribution is 7.61. The van der Waals surface area contributed by atoms with Crippen LogP contribution in [0.3, 0.4) is 0 Å². The van der Waals surface area contributed by atoms with Gasteiger partial charge in [0, 0.05) is 0 Å². The summed E-state index contributed by atoms with van der Waals surface area (Å²) in [6.45, 7) is 0. The summed E-state index contributed by atoms with van der Waals surface area (Å²) in [5.74, 6) is 16.2. The topological polar surface area (TPSA) is 0 Å². The third-order valence-corrected chi connectivity index (χ3v) is 29.4. The monoisotopic (exact) mass is 699 g/mol. The molecule has 17 saturated carbocycles. The summed E-state index contributed by atoms with van der Waals surface area (Å²) in [6, 6.07) is 0. The molecule has 17 aliphatic rings. The van der Waals surface area contributed by atoms with E-state index >= 15 is 0 Å². The molecular weight excluding hydrogens is 626 g/mol. The second-order valence-corrected chi connectivity index (χ2v) is 30.5. The molecule has 0 radical (unpaired) electrons. The lowest BCUT2D eigenvalue weighted by Gasteiger charge is -2.68. The molecule has 2 heteroatoms. The van der Waals surface area contributed by atoms with Crippen molar-refractivity contribution >= 4 is 15.8 Å². The molecule has 0 N–H and O–H groups in total. The van der Waals surface area contributed by atoms with Crippen molar-refractivity contribution in [3.63, 3.8) is 0 Å². The molecule has 0 heterocycles. The van der Waals surface area contributed by atoms with Crippen molar-refractivity contribution in [2.45, 2.75) is 194 Å². The molecule has 270 valence electrons. The lowest BCUT2D eigenvalue weighted by molar-refractivity contribution is 0.0175. The van der Waals surface area contributed by atoms with Crippen LogP contribution in [0.15, 0.2) is 0 Å². The minimum atomic E-state index is 0.182. The van der Waals surface area contributed by atoms with E-state index in [0.29, 0.717) is 0 Å². The Morgan fingerprint density at radius 1 is 0.286 bits per heavy atom. The maximum Gasteiger partial charge on any atom is -0.00814 e. The van der Waals surface area contributed by atoms with Gasteiger partial charge in [-0.05, 0) is 283 Å². The summed E-state index contributed by atoms with van der Waals surface area (Å²) >= 11 is 0. The summed E-state index contributed by atoms with van der Waals surface area (Å²) in [5, 5.41) is 3.42. The van der Waals surface area contributed by atoms with Gasteiger partial charge in [-0.1, -0.05) is 22.3 Å².